The molecule has 0 saturated heterocycles. The van der Waals surface area contributed by atoms with E-state index in [4.69, 9.17) is 11.5 Å². The van der Waals surface area contributed by atoms with Gasteiger partial charge in [0.15, 0.2) is 0 Å². The molecule has 0 atom stereocenters. The van der Waals surface area contributed by atoms with Gasteiger partial charge in [-0.3, -0.25) is 0 Å². The van der Waals surface area contributed by atoms with E-state index in [-0.39, 0.29) is 0 Å². The molecule has 2 rings (SSSR count). The summed E-state index contributed by atoms with van der Waals surface area (Å²) in [7, 11) is 0. The van der Waals surface area contributed by atoms with Crippen LogP contribution in [0.2, 0.25) is 0 Å². The third-order valence-electron chi connectivity index (χ3n) is 2.50. The molecule has 78 valence electrons. The Morgan fingerprint density at radius 3 is 2.47 bits per heavy atom. The van der Waals surface area contributed by atoms with Gasteiger partial charge in [0, 0.05) is 17.0 Å². The van der Waals surface area contributed by atoms with Crippen molar-refractivity contribution in [1.82, 2.24) is 0 Å². The molecular formula is C12H14N2S. The van der Waals surface area contributed by atoms with Crippen molar-refractivity contribution in [3.8, 4) is 11.1 Å². The van der Waals surface area contributed by atoms with Crippen LogP contribution in [0.15, 0.2) is 30.3 Å². The largest absolute Gasteiger partial charge is 0.390 e. The Labute approximate surface area is 93.5 Å². The second kappa shape index (κ2) is 4.04. The Bertz CT molecular complexity index is 460. The van der Waals surface area contributed by atoms with Crippen LogP contribution in [-0.4, -0.2) is 0 Å². The van der Waals surface area contributed by atoms with Crippen LogP contribution < -0.4 is 11.5 Å². The molecule has 0 saturated carbocycles. The van der Waals surface area contributed by atoms with Crippen molar-refractivity contribution in [3.05, 3.63) is 40.8 Å². The van der Waals surface area contributed by atoms with E-state index in [2.05, 4.69) is 19.1 Å². The Morgan fingerprint density at radius 1 is 1.20 bits per heavy atom. The van der Waals surface area contributed by atoms with Crippen LogP contribution in [0.4, 0.5) is 5.00 Å². The highest BCUT2D eigenvalue weighted by molar-refractivity contribution is 7.16. The molecule has 0 fully saturated rings. The SMILES string of the molecule is Cc1sc(N)c(-c2ccccc2)c1CN. The number of thiophene rings is 1. The maximum atomic E-state index is 6.01. The van der Waals surface area contributed by atoms with Gasteiger partial charge in [0.05, 0.1) is 5.00 Å². The zero-order chi connectivity index (χ0) is 10.8. The van der Waals surface area contributed by atoms with Crippen LogP contribution in [0.1, 0.15) is 10.4 Å². The summed E-state index contributed by atoms with van der Waals surface area (Å²) in [5, 5.41) is 0.860. The van der Waals surface area contributed by atoms with E-state index in [0.717, 1.165) is 16.1 Å². The quantitative estimate of drug-likeness (QED) is 0.814. The molecular weight excluding hydrogens is 204 g/mol. The number of rotatable bonds is 2. The average molecular weight is 218 g/mol. The summed E-state index contributed by atoms with van der Waals surface area (Å²) >= 11 is 1.61. The number of hydrogen-bond acceptors (Lipinski definition) is 3. The molecule has 15 heavy (non-hydrogen) atoms. The van der Waals surface area contributed by atoms with Crippen molar-refractivity contribution >= 4 is 16.3 Å². The smallest absolute Gasteiger partial charge is 0.0942 e. The van der Waals surface area contributed by atoms with E-state index in [1.54, 1.807) is 11.3 Å². The highest BCUT2D eigenvalue weighted by atomic mass is 32.1. The topological polar surface area (TPSA) is 52.0 Å². The molecule has 0 spiro atoms. The lowest BCUT2D eigenvalue weighted by Crippen LogP contribution is -1.99. The third-order valence-corrected chi connectivity index (χ3v) is 3.48. The fraction of sp³-hybridized carbons (Fsp3) is 0.167. The first-order valence-corrected chi connectivity index (χ1v) is 5.69. The van der Waals surface area contributed by atoms with Gasteiger partial charge in [0.25, 0.3) is 0 Å². The molecule has 0 radical (unpaired) electrons. The van der Waals surface area contributed by atoms with E-state index in [1.807, 2.05) is 18.2 Å². The van der Waals surface area contributed by atoms with Crippen molar-refractivity contribution < 1.29 is 0 Å². The summed E-state index contributed by atoms with van der Waals surface area (Å²) < 4.78 is 0. The molecule has 3 heteroatoms. The first-order chi connectivity index (χ1) is 7.24. The van der Waals surface area contributed by atoms with Crippen molar-refractivity contribution in [2.45, 2.75) is 13.5 Å². The van der Waals surface area contributed by atoms with Crippen LogP contribution >= 0.6 is 11.3 Å². The standard InChI is InChI=1S/C12H14N2S/c1-8-10(7-13)11(12(14)15-8)9-5-3-2-4-6-9/h2-6H,7,13-14H2,1H3. The molecule has 0 unspecified atom stereocenters. The van der Waals surface area contributed by atoms with E-state index < -0.39 is 0 Å². The predicted molar refractivity (Wildman–Crippen MR) is 66.8 cm³/mol. The molecule has 2 nitrogen and oxygen atoms in total. The maximum Gasteiger partial charge on any atom is 0.0942 e. The lowest BCUT2D eigenvalue weighted by Gasteiger charge is -2.04. The molecule has 1 aromatic carbocycles. The second-order valence-electron chi connectivity index (χ2n) is 3.45. The van der Waals surface area contributed by atoms with Crippen LogP contribution in [0.25, 0.3) is 11.1 Å². The van der Waals surface area contributed by atoms with E-state index >= 15 is 0 Å². The predicted octanol–water partition coefficient (Wildman–Crippen LogP) is 2.76. The molecule has 4 N–H and O–H groups in total. The van der Waals surface area contributed by atoms with Gasteiger partial charge in [-0.15, -0.1) is 11.3 Å². The van der Waals surface area contributed by atoms with Gasteiger partial charge in [0.1, 0.15) is 0 Å². The summed E-state index contributed by atoms with van der Waals surface area (Å²) in [6.45, 7) is 2.61. The highest BCUT2D eigenvalue weighted by Crippen LogP contribution is 2.38. The average Bonchev–Trinajstić information content (AvgIpc) is 2.54. The lowest BCUT2D eigenvalue weighted by atomic mass is 10.0. The number of aryl methyl sites for hydroxylation is 1. The van der Waals surface area contributed by atoms with Crippen LogP contribution in [0.5, 0.6) is 0 Å². The van der Waals surface area contributed by atoms with E-state index in [0.29, 0.717) is 6.54 Å². The van der Waals surface area contributed by atoms with Crippen molar-refractivity contribution in [2.75, 3.05) is 5.73 Å². The number of anilines is 1. The van der Waals surface area contributed by atoms with Crippen LogP contribution in [0, 0.1) is 6.92 Å². The van der Waals surface area contributed by atoms with Crippen molar-refractivity contribution in [1.29, 1.82) is 0 Å². The van der Waals surface area contributed by atoms with Gasteiger partial charge in [-0.25, -0.2) is 0 Å². The highest BCUT2D eigenvalue weighted by Gasteiger charge is 2.13. The molecule has 0 aliphatic carbocycles. The van der Waals surface area contributed by atoms with Gasteiger partial charge in [0.2, 0.25) is 0 Å². The Kier molecular flexibility index (Phi) is 2.75. The fourth-order valence-electron chi connectivity index (χ4n) is 1.77. The minimum Gasteiger partial charge on any atom is -0.390 e. The molecule has 1 heterocycles. The summed E-state index contributed by atoms with van der Waals surface area (Å²) in [6.07, 6.45) is 0. The van der Waals surface area contributed by atoms with Crippen molar-refractivity contribution in [2.24, 2.45) is 5.73 Å². The van der Waals surface area contributed by atoms with E-state index in [1.165, 1.54) is 10.4 Å². The van der Waals surface area contributed by atoms with Gasteiger partial charge in [-0.05, 0) is 18.1 Å². The number of nitrogens with two attached hydrogens (primary N) is 2. The summed E-state index contributed by atoms with van der Waals surface area (Å²) in [6, 6.07) is 10.2. The minimum absolute atomic E-state index is 0.545. The monoisotopic (exact) mass is 218 g/mol. The van der Waals surface area contributed by atoms with Crippen LogP contribution in [-0.2, 0) is 6.54 Å². The molecule has 2 aromatic rings. The maximum absolute atomic E-state index is 6.01. The van der Waals surface area contributed by atoms with Gasteiger partial charge in [-0.2, -0.15) is 0 Å². The third kappa shape index (κ3) is 1.76. The number of benzene rings is 1. The summed E-state index contributed by atoms with van der Waals surface area (Å²) in [5.41, 5.74) is 15.2. The van der Waals surface area contributed by atoms with Gasteiger partial charge >= 0.3 is 0 Å². The minimum atomic E-state index is 0.545. The Morgan fingerprint density at radius 2 is 1.87 bits per heavy atom. The summed E-state index contributed by atoms with van der Waals surface area (Å²) in [5.74, 6) is 0. The first-order valence-electron chi connectivity index (χ1n) is 4.87. The zero-order valence-electron chi connectivity index (χ0n) is 8.66. The number of nitrogen functional groups attached to an aromatic ring is 1. The lowest BCUT2D eigenvalue weighted by molar-refractivity contribution is 1.07. The van der Waals surface area contributed by atoms with E-state index in [9.17, 15) is 0 Å². The normalized spacial score (nSPS) is 10.5. The second-order valence-corrected chi connectivity index (χ2v) is 4.70. The van der Waals surface area contributed by atoms with Gasteiger partial charge < -0.3 is 11.5 Å². The first kappa shape index (κ1) is 10.2. The number of hydrogen-bond donors (Lipinski definition) is 2. The zero-order valence-corrected chi connectivity index (χ0v) is 9.47. The van der Waals surface area contributed by atoms with Gasteiger partial charge in [-0.1, -0.05) is 30.3 Å². The van der Waals surface area contributed by atoms with Crippen LogP contribution in [0.3, 0.4) is 0 Å². The van der Waals surface area contributed by atoms with Crippen molar-refractivity contribution in [3.63, 3.8) is 0 Å². The molecule has 0 amide bonds. The Balaban J connectivity index is 2.62. The molecule has 0 aliphatic rings. The summed E-state index contributed by atoms with van der Waals surface area (Å²) in [4.78, 5) is 1.22. The molecule has 0 aliphatic heterocycles. The Hall–Kier alpha value is -1.32. The molecule has 1 aromatic heterocycles. The fourth-order valence-corrected chi connectivity index (χ4v) is 2.75. The molecule has 0 bridgehead atoms.